The Bertz CT molecular complexity index is 1250. The molecule has 0 radical (unpaired) electrons. The number of methoxy groups -OCH3 is 1. The molecule has 168 valence electrons. The van der Waals surface area contributed by atoms with E-state index in [4.69, 9.17) is 10.6 Å². The summed E-state index contributed by atoms with van der Waals surface area (Å²) in [5.41, 5.74) is 4.47. The first kappa shape index (κ1) is 22.4. The highest BCUT2D eigenvalue weighted by Crippen LogP contribution is 2.37. The molecule has 0 fully saturated rings. The third kappa shape index (κ3) is 5.01. The molecule has 0 saturated heterocycles. The number of amides is 1. The number of nitrogen functional groups attached to an aromatic ring is 1. The van der Waals surface area contributed by atoms with Gasteiger partial charge in [0.1, 0.15) is 11.0 Å². The zero-order valence-electron chi connectivity index (χ0n) is 18.6. The largest absolute Gasteiger partial charge is 0.496 e. The van der Waals surface area contributed by atoms with E-state index in [1.165, 1.54) is 16.4 Å². The fourth-order valence-corrected chi connectivity index (χ4v) is 4.59. The fourth-order valence-electron chi connectivity index (χ4n) is 3.63. The van der Waals surface area contributed by atoms with Crippen LogP contribution < -0.4 is 15.9 Å². The molecule has 1 heterocycles. The molecule has 8 heteroatoms. The molecule has 4 aromatic rings. The quantitative estimate of drug-likeness (QED) is 0.306. The van der Waals surface area contributed by atoms with E-state index < -0.39 is 5.25 Å². The summed E-state index contributed by atoms with van der Waals surface area (Å²) in [6.45, 7) is 4.00. The van der Waals surface area contributed by atoms with Crippen LogP contribution in [0.25, 0.3) is 11.4 Å². The molecular weight excluding hydrogens is 434 g/mol. The number of nitrogens with two attached hydrogens (primary N) is 1. The number of ether oxygens (including phenoxy) is 1. The Balaban J connectivity index is 1.66. The molecule has 3 N–H and O–H groups in total. The van der Waals surface area contributed by atoms with Crippen molar-refractivity contribution in [3.8, 4) is 17.1 Å². The summed E-state index contributed by atoms with van der Waals surface area (Å²) in [6.07, 6.45) is 0. The van der Waals surface area contributed by atoms with E-state index in [0.717, 1.165) is 27.9 Å². The highest BCUT2D eigenvalue weighted by molar-refractivity contribution is 8.00. The van der Waals surface area contributed by atoms with Gasteiger partial charge in [-0.2, -0.15) is 0 Å². The molecular formula is C25H25N5O2S. The number of rotatable bonds is 7. The van der Waals surface area contributed by atoms with Gasteiger partial charge < -0.3 is 15.9 Å². The van der Waals surface area contributed by atoms with Crippen molar-refractivity contribution in [1.82, 2.24) is 14.9 Å². The van der Waals surface area contributed by atoms with Crippen LogP contribution in [-0.4, -0.2) is 27.9 Å². The highest BCUT2D eigenvalue weighted by Gasteiger charge is 2.26. The normalized spacial score (nSPS) is 11.7. The second-order valence-corrected chi connectivity index (χ2v) is 8.72. The van der Waals surface area contributed by atoms with E-state index in [1.807, 2.05) is 80.6 Å². The van der Waals surface area contributed by atoms with Gasteiger partial charge in [-0.25, -0.2) is 4.68 Å². The maximum Gasteiger partial charge on any atom is 0.242 e. The van der Waals surface area contributed by atoms with Gasteiger partial charge in [0.05, 0.1) is 12.7 Å². The van der Waals surface area contributed by atoms with Gasteiger partial charge in [-0.15, -0.1) is 10.2 Å². The van der Waals surface area contributed by atoms with Crippen LogP contribution >= 0.6 is 11.8 Å². The summed E-state index contributed by atoms with van der Waals surface area (Å²) in [5.74, 6) is 7.29. The van der Waals surface area contributed by atoms with E-state index >= 15 is 0 Å². The first-order chi connectivity index (χ1) is 16.0. The van der Waals surface area contributed by atoms with Gasteiger partial charge in [0.15, 0.2) is 5.82 Å². The molecule has 3 aromatic carbocycles. The van der Waals surface area contributed by atoms with Gasteiger partial charge in [0.2, 0.25) is 11.1 Å². The molecule has 33 heavy (non-hydrogen) atoms. The van der Waals surface area contributed by atoms with Crippen molar-refractivity contribution in [1.29, 1.82) is 0 Å². The zero-order valence-corrected chi connectivity index (χ0v) is 19.5. The number of anilines is 1. The molecule has 4 rings (SSSR count). The number of thioether (sulfide) groups is 1. The second-order valence-electron chi connectivity index (χ2n) is 7.65. The van der Waals surface area contributed by atoms with E-state index in [0.29, 0.717) is 16.7 Å². The molecule has 7 nitrogen and oxygen atoms in total. The molecule has 0 saturated carbocycles. The van der Waals surface area contributed by atoms with Gasteiger partial charge in [-0.3, -0.25) is 4.79 Å². The van der Waals surface area contributed by atoms with Crippen LogP contribution in [0.3, 0.4) is 0 Å². The van der Waals surface area contributed by atoms with Crippen molar-refractivity contribution in [2.45, 2.75) is 24.3 Å². The minimum absolute atomic E-state index is 0.168. The number of nitrogens with one attached hydrogen (secondary N) is 1. The lowest BCUT2D eigenvalue weighted by atomic mass is 10.1. The number of aryl methyl sites for hydroxylation is 2. The molecule has 1 aromatic heterocycles. The lowest BCUT2D eigenvalue weighted by molar-refractivity contribution is -0.115. The van der Waals surface area contributed by atoms with Crippen LogP contribution in [0, 0.1) is 13.8 Å². The van der Waals surface area contributed by atoms with Crippen LogP contribution in [0.15, 0.2) is 78.0 Å². The Hall–Kier alpha value is -3.78. The summed E-state index contributed by atoms with van der Waals surface area (Å²) in [7, 11) is 1.59. The minimum Gasteiger partial charge on any atom is -0.496 e. The lowest BCUT2D eigenvalue weighted by Crippen LogP contribution is -2.20. The first-order valence-corrected chi connectivity index (χ1v) is 11.3. The van der Waals surface area contributed by atoms with E-state index in [1.54, 1.807) is 7.11 Å². The Morgan fingerprint density at radius 3 is 2.36 bits per heavy atom. The summed E-state index contributed by atoms with van der Waals surface area (Å²) in [6, 6.07) is 23.0. The predicted octanol–water partition coefficient (Wildman–Crippen LogP) is 4.76. The predicted molar refractivity (Wildman–Crippen MR) is 132 cm³/mol. The SMILES string of the molecule is COc1ccccc1-c1nnc(SC(C(=O)Nc2cc(C)cc(C)c2)c2ccccc2)n1N. The minimum atomic E-state index is -0.580. The summed E-state index contributed by atoms with van der Waals surface area (Å²) in [4.78, 5) is 13.4. The van der Waals surface area contributed by atoms with Gasteiger partial charge in [0, 0.05) is 5.69 Å². The molecule has 1 unspecified atom stereocenters. The first-order valence-electron chi connectivity index (χ1n) is 10.4. The van der Waals surface area contributed by atoms with Gasteiger partial charge in [-0.1, -0.05) is 60.3 Å². The van der Waals surface area contributed by atoms with Crippen LogP contribution in [0.5, 0.6) is 5.75 Å². The third-order valence-electron chi connectivity index (χ3n) is 5.07. The molecule has 0 aliphatic carbocycles. The van der Waals surface area contributed by atoms with Gasteiger partial charge in [-0.05, 0) is 54.8 Å². The number of nitrogens with zero attached hydrogens (tertiary/aromatic N) is 3. The van der Waals surface area contributed by atoms with Crippen molar-refractivity contribution in [3.05, 3.63) is 89.5 Å². The van der Waals surface area contributed by atoms with Crippen LogP contribution in [0.2, 0.25) is 0 Å². The number of hydrogen-bond acceptors (Lipinski definition) is 6. The average molecular weight is 460 g/mol. The number of carbonyl (C=O) groups is 1. The third-order valence-corrected chi connectivity index (χ3v) is 6.28. The maximum atomic E-state index is 13.4. The summed E-state index contributed by atoms with van der Waals surface area (Å²) in [5, 5.41) is 11.4. The van der Waals surface area contributed by atoms with E-state index in [2.05, 4.69) is 21.6 Å². The molecule has 1 atom stereocenters. The number of carbonyl (C=O) groups excluding carboxylic acids is 1. The van der Waals surface area contributed by atoms with E-state index in [-0.39, 0.29) is 5.91 Å². The van der Waals surface area contributed by atoms with Gasteiger partial charge >= 0.3 is 0 Å². The molecule has 0 spiro atoms. The van der Waals surface area contributed by atoms with Crippen molar-refractivity contribution < 1.29 is 9.53 Å². The van der Waals surface area contributed by atoms with Crippen molar-refractivity contribution in [2.75, 3.05) is 18.3 Å². The average Bonchev–Trinajstić information content (AvgIpc) is 3.17. The number of para-hydroxylation sites is 1. The standard InChI is InChI=1S/C25H25N5O2S/c1-16-13-17(2)15-19(14-16)27-24(31)22(18-9-5-4-6-10-18)33-25-29-28-23(30(25)26)20-11-7-8-12-21(20)32-3/h4-15,22H,26H2,1-3H3,(H,27,31). The van der Waals surface area contributed by atoms with E-state index in [9.17, 15) is 4.79 Å². The van der Waals surface area contributed by atoms with Crippen LogP contribution in [-0.2, 0) is 4.79 Å². The Kier molecular flexibility index (Phi) is 6.65. The molecule has 0 aliphatic rings. The number of aromatic nitrogens is 3. The van der Waals surface area contributed by atoms with Crippen LogP contribution in [0.1, 0.15) is 21.9 Å². The zero-order chi connectivity index (χ0) is 23.4. The van der Waals surface area contributed by atoms with Crippen LogP contribution in [0.4, 0.5) is 5.69 Å². The lowest BCUT2D eigenvalue weighted by Gasteiger charge is -2.17. The Morgan fingerprint density at radius 1 is 1.00 bits per heavy atom. The Labute approximate surface area is 197 Å². The summed E-state index contributed by atoms with van der Waals surface area (Å²) < 4.78 is 6.82. The second kappa shape index (κ2) is 9.79. The van der Waals surface area contributed by atoms with Gasteiger partial charge in [0.25, 0.3) is 0 Å². The maximum absolute atomic E-state index is 13.4. The molecule has 0 bridgehead atoms. The number of hydrogen-bond donors (Lipinski definition) is 2. The fraction of sp³-hybridized carbons (Fsp3) is 0.160. The topological polar surface area (TPSA) is 95.1 Å². The van der Waals surface area contributed by atoms with Crippen molar-refractivity contribution >= 4 is 23.4 Å². The molecule has 0 aliphatic heterocycles. The molecule has 1 amide bonds. The summed E-state index contributed by atoms with van der Waals surface area (Å²) >= 11 is 1.24. The highest BCUT2D eigenvalue weighted by atomic mass is 32.2. The van der Waals surface area contributed by atoms with Crippen molar-refractivity contribution in [3.63, 3.8) is 0 Å². The number of benzene rings is 3. The Morgan fingerprint density at radius 2 is 1.67 bits per heavy atom. The smallest absolute Gasteiger partial charge is 0.242 e. The van der Waals surface area contributed by atoms with Crippen molar-refractivity contribution in [2.24, 2.45) is 0 Å². The monoisotopic (exact) mass is 459 g/mol.